The predicted octanol–water partition coefficient (Wildman–Crippen LogP) is 3.42. The van der Waals surface area contributed by atoms with Crippen molar-refractivity contribution in [3.63, 3.8) is 0 Å². The smallest absolute Gasteiger partial charge is 0.328 e. The number of aryl methyl sites for hydroxylation is 1. The first-order valence-corrected chi connectivity index (χ1v) is 7.82. The average Bonchev–Trinajstić information content (AvgIpc) is 2.35. The number of nitrogens with zero attached hydrogens (tertiary/aromatic N) is 1. The van der Waals surface area contributed by atoms with Crippen LogP contribution in [0.2, 0.25) is 0 Å². The number of carboxylic acid groups (broad SMARTS) is 1. The van der Waals surface area contributed by atoms with E-state index in [-0.39, 0.29) is 0 Å². The summed E-state index contributed by atoms with van der Waals surface area (Å²) in [6, 6.07) is 6.24. The molecule has 1 N–H and O–H groups in total. The lowest BCUT2D eigenvalue weighted by atomic mass is 10.1. The summed E-state index contributed by atoms with van der Waals surface area (Å²) in [4.78, 5) is 13.1. The van der Waals surface area contributed by atoms with Crippen molar-refractivity contribution in [1.82, 2.24) is 0 Å². The second kappa shape index (κ2) is 6.35. The zero-order valence-corrected chi connectivity index (χ0v) is 13.0. The second-order valence-corrected chi connectivity index (χ2v) is 7.28. The van der Waals surface area contributed by atoms with Crippen LogP contribution in [0, 0.1) is 6.92 Å². The first-order chi connectivity index (χ1) is 9.45. The SMILES string of the molecule is Cc1ccc(N2CC(C)SC(C)C2)c(/C=C/C(=O)O)c1. The van der Waals surface area contributed by atoms with E-state index < -0.39 is 5.97 Å². The number of aliphatic carboxylic acids is 1. The van der Waals surface area contributed by atoms with Gasteiger partial charge >= 0.3 is 5.97 Å². The molecule has 1 saturated heterocycles. The Morgan fingerprint density at radius 1 is 1.35 bits per heavy atom. The summed E-state index contributed by atoms with van der Waals surface area (Å²) < 4.78 is 0. The summed E-state index contributed by atoms with van der Waals surface area (Å²) in [5.41, 5.74) is 3.26. The Kier molecular flexibility index (Phi) is 4.76. The molecule has 0 bridgehead atoms. The molecule has 1 aromatic rings. The number of carbonyl (C=O) groups is 1. The summed E-state index contributed by atoms with van der Waals surface area (Å²) in [5, 5.41) is 10.0. The van der Waals surface area contributed by atoms with Gasteiger partial charge in [0, 0.05) is 35.4 Å². The van der Waals surface area contributed by atoms with Gasteiger partial charge in [-0.2, -0.15) is 11.8 Å². The van der Waals surface area contributed by atoms with Gasteiger partial charge in [0.1, 0.15) is 0 Å². The Labute approximate surface area is 124 Å². The van der Waals surface area contributed by atoms with Crippen molar-refractivity contribution in [3.8, 4) is 0 Å². The number of anilines is 1. The van der Waals surface area contributed by atoms with E-state index in [1.807, 2.05) is 24.8 Å². The van der Waals surface area contributed by atoms with E-state index in [9.17, 15) is 4.79 Å². The molecule has 2 unspecified atom stereocenters. The van der Waals surface area contributed by atoms with Crippen LogP contribution in [0.3, 0.4) is 0 Å². The highest BCUT2D eigenvalue weighted by Crippen LogP contribution is 2.31. The zero-order chi connectivity index (χ0) is 14.7. The van der Waals surface area contributed by atoms with Gasteiger partial charge in [0.2, 0.25) is 0 Å². The Hall–Kier alpha value is -1.42. The molecule has 0 radical (unpaired) electrons. The third-order valence-corrected chi connectivity index (χ3v) is 4.58. The highest BCUT2D eigenvalue weighted by molar-refractivity contribution is 8.00. The Morgan fingerprint density at radius 2 is 2.00 bits per heavy atom. The average molecular weight is 291 g/mol. The second-order valence-electron chi connectivity index (χ2n) is 5.40. The molecule has 0 amide bonds. The Morgan fingerprint density at radius 3 is 2.60 bits per heavy atom. The van der Waals surface area contributed by atoms with Gasteiger partial charge in [0.05, 0.1) is 0 Å². The molecule has 1 aliphatic rings. The third kappa shape index (κ3) is 3.79. The van der Waals surface area contributed by atoms with Crippen LogP contribution in [0.25, 0.3) is 6.08 Å². The number of thioether (sulfide) groups is 1. The fourth-order valence-corrected chi connectivity index (χ4v) is 3.96. The van der Waals surface area contributed by atoms with Gasteiger partial charge in [-0.05, 0) is 30.7 Å². The summed E-state index contributed by atoms with van der Waals surface area (Å²) in [7, 11) is 0. The van der Waals surface area contributed by atoms with Crippen molar-refractivity contribution in [3.05, 3.63) is 35.4 Å². The van der Waals surface area contributed by atoms with Crippen LogP contribution in [-0.4, -0.2) is 34.7 Å². The minimum absolute atomic E-state index is 0.594. The van der Waals surface area contributed by atoms with Crippen LogP contribution >= 0.6 is 11.8 Å². The summed E-state index contributed by atoms with van der Waals surface area (Å²) in [6.45, 7) is 8.53. The Balaban J connectivity index is 2.32. The van der Waals surface area contributed by atoms with Crippen molar-refractivity contribution < 1.29 is 9.90 Å². The van der Waals surface area contributed by atoms with Crippen LogP contribution in [-0.2, 0) is 4.79 Å². The molecule has 2 rings (SSSR count). The lowest BCUT2D eigenvalue weighted by Crippen LogP contribution is -2.40. The van der Waals surface area contributed by atoms with Gasteiger partial charge in [-0.3, -0.25) is 0 Å². The molecule has 1 fully saturated rings. The zero-order valence-electron chi connectivity index (χ0n) is 12.2. The van der Waals surface area contributed by atoms with E-state index in [2.05, 4.69) is 30.9 Å². The van der Waals surface area contributed by atoms with Crippen molar-refractivity contribution in [2.24, 2.45) is 0 Å². The van der Waals surface area contributed by atoms with Gasteiger partial charge in [0.15, 0.2) is 0 Å². The number of rotatable bonds is 3. The number of benzene rings is 1. The number of hydrogen-bond acceptors (Lipinski definition) is 3. The molecule has 1 heterocycles. The van der Waals surface area contributed by atoms with Gasteiger partial charge < -0.3 is 10.0 Å². The van der Waals surface area contributed by atoms with E-state index in [4.69, 9.17) is 5.11 Å². The van der Waals surface area contributed by atoms with Crippen molar-refractivity contribution in [2.45, 2.75) is 31.3 Å². The van der Waals surface area contributed by atoms with Crippen LogP contribution in [0.1, 0.15) is 25.0 Å². The van der Waals surface area contributed by atoms with Crippen molar-refractivity contribution in [2.75, 3.05) is 18.0 Å². The maximum Gasteiger partial charge on any atom is 0.328 e. The van der Waals surface area contributed by atoms with E-state index in [0.29, 0.717) is 10.5 Å². The molecular formula is C16H21NO2S. The highest BCUT2D eigenvalue weighted by Gasteiger charge is 2.23. The van der Waals surface area contributed by atoms with Gasteiger partial charge in [0.25, 0.3) is 0 Å². The normalized spacial score (nSPS) is 23.2. The molecule has 2 atom stereocenters. The van der Waals surface area contributed by atoms with Crippen LogP contribution < -0.4 is 4.90 Å². The fraction of sp³-hybridized carbons (Fsp3) is 0.438. The van der Waals surface area contributed by atoms with E-state index in [0.717, 1.165) is 29.9 Å². The molecule has 0 spiro atoms. The van der Waals surface area contributed by atoms with Crippen molar-refractivity contribution in [1.29, 1.82) is 0 Å². The molecule has 4 heteroatoms. The van der Waals surface area contributed by atoms with E-state index >= 15 is 0 Å². The van der Waals surface area contributed by atoms with Gasteiger partial charge in [-0.25, -0.2) is 4.79 Å². The number of carboxylic acids is 1. The molecule has 3 nitrogen and oxygen atoms in total. The summed E-state index contributed by atoms with van der Waals surface area (Å²) in [6.07, 6.45) is 2.91. The van der Waals surface area contributed by atoms with Crippen LogP contribution in [0.5, 0.6) is 0 Å². The largest absolute Gasteiger partial charge is 0.478 e. The minimum atomic E-state index is -0.909. The lowest BCUT2D eigenvalue weighted by molar-refractivity contribution is -0.131. The third-order valence-electron chi connectivity index (χ3n) is 3.35. The molecular weight excluding hydrogens is 270 g/mol. The van der Waals surface area contributed by atoms with E-state index in [1.165, 1.54) is 6.08 Å². The quantitative estimate of drug-likeness (QED) is 0.866. The van der Waals surface area contributed by atoms with Gasteiger partial charge in [-0.15, -0.1) is 0 Å². The minimum Gasteiger partial charge on any atom is -0.478 e. The first-order valence-electron chi connectivity index (χ1n) is 6.88. The molecule has 0 aliphatic carbocycles. The molecule has 1 aliphatic heterocycles. The molecule has 20 heavy (non-hydrogen) atoms. The maximum atomic E-state index is 10.7. The van der Waals surface area contributed by atoms with Gasteiger partial charge in [-0.1, -0.05) is 25.5 Å². The summed E-state index contributed by atoms with van der Waals surface area (Å²) in [5.74, 6) is -0.909. The standard InChI is InChI=1S/C16H21NO2S/c1-11-4-6-15(14(8-11)5-7-16(18)19)17-9-12(2)20-13(3)10-17/h4-8,12-13H,9-10H2,1-3H3,(H,18,19)/b7-5+. The molecule has 108 valence electrons. The fourth-order valence-electron chi connectivity index (χ4n) is 2.63. The van der Waals surface area contributed by atoms with Crippen LogP contribution in [0.15, 0.2) is 24.3 Å². The maximum absolute atomic E-state index is 10.7. The van der Waals surface area contributed by atoms with Crippen LogP contribution in [0.4, 0.5) is 5.69 Å². The molecule has 0 saturated carbocycles. The molecule has 1 aromatic carbocycles. The number of hydrogen-bond donors (Lipinski definition) is 1. The predicted molar refractivity (Wildman–Crippen MR) is 86.6 cm³/mol. The first kappa shape index (κ1) is 15.0. The lowest BCUT2D eigenvalue weighted by Gasteiger charge is -2.37. The van der Waals surface area contributed by atoms with E-state index in [1.54, 1.807) is 6.08 Å². The highest BCUT2D eigenvalue weighted by atomic mass is 32.2. The topological polar surface area (TPSA) is 40.5 Å². The van der Waals surface area contributed by atoms with Crippen molar-refractivity contribution >= 4 is 29.5 Å². The monoisotopic (exact) mass is 291 g/mol. The Bertz CT molecular complexity index is 517. The summed E-state index contributed by atoms with van der Waals surface area (Å²) >= 11 is 2.01. The molecule has 0 aromatic heterocycles.